The van der Waals surface area contributed by atoms with Gasteiger partial charge >= 0.3 is 0 Å². The van der Waals surface area contributed by atoms with Crippen molar-refractivity contribution < 1.29 is 9.59 Å². The van der Waals surface area contributed by atoms with Gasteiger partial charge in [-0.15, -0.1) is 0 Å². The fraction of sp³-hybridized carbons (Fsp3) is 0.636. The van der Waals surface area contributed by atoms with Gasteiger partial charge in [-0.3, -0.25) is 9.59 Å². The predicted molar refractivity (Wildman–Crippen MR) is 56.1 cm³/mol. The summed E-state index contributed by atoms with van der Waals surface area (Å²) in [5, 5.41) is 0. The molecule has 0 radical (unpaired) electrons. The van der Waals surface area contributed by atoms with Crippen LogP contribution in [0.1, 0.15) is 19.3 Å². The number of piperidine rings is 1. The smallest absolute Gasteiger partial charge is 0.259 e. The molecule has 2 aliphatic rings. The Morgan fingerprint density at radius 2 is 2.00 bits per heavy atom. The monoisotopic (exact) mass is 208 g/mol. The Hall–Kier alpha value is -1.32. The van der Waals surface area contributed by atoms with Gasteiger partial charge in [0.2, 0.25) is 0 Å². The van der Waals surface area contributed by atoms with Crippen molar-refractivity contribution in [2.45, 2.75) is 25.3 Å². The Morgan fingerprint density at radius 3 is 2.53 bits per heavy atom. The maximum Gasteiger partial charge on any atom is 0.259 e. The molecular formula is C11H16N2O2. The van der Waals surface area contributed by atoms with E-state index in [1.165, 1.54) is 0 Å². The van der Waals surface area contributed by atoms with Crippen molar-refractivity contribution in [1.82, 2.24) is 9.80 Å². The van der Waals surface area contributed by atoms with Gasteiger partial charge in [-0.2, -0.15) is 0 Å². The van der Waals surface area contributed by atoms with Gasteiger partial charge in [0.05, 0.1) is 5.57 Å². The summed E-state index contributed by atoms with van der Waals surface area (Å²) in [5.74, 6) is -0.104. The van der Waals surface area contributed by atoms with E-state index in [9.17, 15) is 9.59 Å². The Morgan fingerprint density at radius 1 is 1.33 bits per heavy atom. The van der Waals surface area contributed by atoms with Crippen LogP contribution >= 0.6 is 0 Å². The van der Waals surface area contributed by atoms with Crippen LogP contribution < -0.4 is 0 Å². The van der Waals surface area contributed by atoms with Gasteiger partial charge in [-0.05, 0) is 12.8 Å². The molecule has 0 unspecified atom stereocenters. The van der Waals surface area contributed by atoms with Crippen molar-refractivity contribution in [3.8, 4) is 0 Å². The lowest BCUT2D eigenvalue weighted by Crippen LogP contribution is -2.42. The molecule has 1 saturated heterocycles. The maximum atomic E-state index is 12.0. The van der Waals surface area contributed by atoms with Crippen LogP contribution in [0, 0.1) is 0 Å². The summed E-state index contributed by atoms with van der Waals surface area (Å²) in [6.07, 6.45) is 4.30. The number of Topliss-reactive ketones (excluding diaryl/α,β-unsaturated/α-hetero) is 1. The highest BCUT2D eigenvalue weighted by Gasteiger charge is 2.38. The van der Waals surface area contributed by atoms with E-state index in [-0.39, 0.29) is 11.7 Å². The standard InChI is InChI=1S/C11H16N2O2/c1-12(2)7-9-10(14)5-6-13(11(9)15)8-3-4-8/h7-8H,3-6H2,1-2H3/b9-7-. The molecule has 15 heavy (non-hydrogen) atoms. The largest absolute Gasteiger partial charge is 0.383 e. The molecule has 0 atom stereocenters. The number of rotatable bonds is 2. The molecule has 0 bridgehead atoms. The number of ketones is 1. The highest BCUT2D eigenvalue weighted by atomic mass is 16.2. The van der Waals surface area contributed by atoms with Crippen LogP contribution in [0.5, 0.6) is 0 Å². The number of carbonyl (C=O) groups is 2. The van der Waals surface area contributed by atoms with E-state index >= 15 is 0 Å². The summed E-state index contributed by atoms with van der Waals surface area (Å²) in [7, 11) is 3.65. The Kier molecular flexibility index (Phi) is 2.50. The molecule has 4 nitrogen and oxygen atoms in total. The van der Waals surface area contributed by atoms with Gasteiger partial charge < -0.3 is 9.80 Å². The maximum absolute atomic E-state index is 12.0. The predicted octanol–water partition coefficient (Wildman–Crippen LogP) is 0.396. The molecule has 0 N–H and O–H groups in total. The molecule has 0 aromatic rings. The second kappa shape index (κ2) is 3.68. The molecule has 82 valence electrons. The number of nitrogens with zero attached hydrogens (tertiary/aromatic N) is 2. The number of amides is 1. The quantitative estimate of drug-likeness (QED) is 0.487. The fourth-order valence-electron chi connectivity index (χ4n) is 1.85. The average molecular weight is 208 g/mol. The van der Waals surface area contributed by atoms with Crippen molar-refractivity contribution in [3.05, 3.63) is 11.8 Å². The SMILES string of the molecule is CN(C)/C=C1/C(=O)CCN(C2CC2)C1=O. The Balaban J connectivity index is 2.19. The summed E-state index contributed by atoms with van der Waals surface area (Å²) in [5.41, 5.74) is 0.346. The third-order valence-electron chi connectivity index (χ3n) is 2.75. The van der Waals surface area contributed by atoms with Crippen LogP contribution in [-0.2, 0) is 9.59 Å². The zero-order valence-corrected chi connectivity index (χ0v) is 9.19. The minimum Gasteiger partial charge on any atom is -0.383 e. The second-order valence-electron chi connectivity index (χ2n) is 4.41. The van der Waals surface area contributed by atoms with Gasteiger partial charge in [0.1, 0.15) is 0 Å². The normalized spacial score (nSPS) is 24.9. The van der Waals surface area contributed by atoms with Crippen LogP contribution in [0.4, 0.5) is 0 Å². The number of carbonyl (C=O) groups excluding carboxylic acids is 2. The minimum atomic E-state index is -0.0811. The molecule has 2 rings (SSSR count). The van der Waals surface area contributed by atoms with Crippen LogP contribution in [0.25, 0.3) is 0 Å². The summed E-state index contributed by atoms with van der Waals surface area (Å²) in [4.78, 5) is 27.1. The van der Waals surface area contributed by atoms with Crippen molar-refractivity contribution in [1.29, 1.82) is 0 Å². The first-order chi connectivity index (χ1) is 7.09. The van der Waals surface area contributed by atoms with E-state index in [1.54, 1.807) is 11.1 Å². The summed E-state index contributed by atoms with van der Waals surface area (Å²) < 4.78 is 0. The lowest BCUT2D eigenvalue weighted by atomic mass is 10.0. The van der Waals surface area contributed by atoms with Gasteiger partial charge in [0.15, 0.2) is 5.78 Å². The average Bonchev–Trinajstić information content (AvgIpc) is 2.95. The molecule has 0 aromatic heterocycles. The van der Waals surface area contributed by atoms with E-state index < -0.39 is 0 Å². The highest BCUT2D eigenvalue weighted by molar-refractivity contribution is 6.20. The van der Waals surface area contributed by atoms with Crippen LogP contribution in [0.3, 0.4) is 0 Å². The van der Waals surface area contributed by atoms with Crippen LogP contribution in [-0.4, -0.2) is 48.2 Å². The topological polar surface area (TPSA) is 40.6 Å². The molecule has 1 saturated carbocycles. The Bertz CT molecular complexity index is 329. The third-order valence-corrected chi connectivity index (χ3v) is 2.75. The van der Waals surface area contributed by atoms with Crippen LogP contribution in [0.2, 0.25) is 0 Å². The zero-order valence-electron chi connectivity index (χ0n) is 9.19. The molecule has 1 heterocycles. The summed E-state index contributed by atoms with van der Waals surface area (Å²) in [6.45, 7) is 0.604. The van der Waals surface area contributed by atoms with E-state index in [0.29, 0.717) is 24.6 Å². The van der Waals surface area contributed by atoms with Crippen molar-refractivity contribution in [3.63, 3.8) is 0 Å². The molecule has 1 aliphatic carbocycles. The molecule has 2 fully saturated rings. The van der Waals surface area contributed by atoms with Crippen molar-refractivity contribution in [2.24, 2.45) is 0 Å². The number of hydrogen-bond acceptors (Lipinski definition) is 3. The lowest BCUT2D eigenvalue weighted by Gasteiger charge is -2.28. The van der Waals surface area contributed by atoms with Gasteiger partial charge in [-0.1, -0.05) is 0 Å². The molecule has 0 aromatic carbocycles. The number of likely N-dealkylation sites (tertiary alicyclic amines) is 1. The van der Waals surface area contributed by atoms with E-state index in [4.69, 9.17) is 0 Å². The first-order valence-corrected chi connectivity index (χ1v) is 5.32. The molecule has 1 amide bonds. The molecule has 0 spiro atoms. The second-order valence-corrected chi connectivity index (χ2v) is 4.41. The Labute approximate surface area is 89.5 Å². The molecule has 4 heteroatoms. The summed E-state index contributed by atoms with van der Waals surface area (Å²) in [6, 6.07) is 0.399. The van der Waals surface area contributed by atoms with Crippen molar-refractivity contribution in [2.75, 3.05) is 20.6 Å². The third kappa shape index (κ3) is 2.03. The van der Waals surface area contributed by atoms with Crippen LogP contribution in [0.15, 0.2) is 11.8 Å². The first-order valence-electron chi connectivity index (χ1n) is 5.32. The van der Waals surface area contributed by atoms with E-state index in [1.807, 2.05) is 19.0 Å². The van der Waals surface area contributed by atoms with Gasteiger partial charge in [0.25, 0.3) is 5.91 Å². The molecular weight excluding hydrogens is 192 g/mol. The van der Waals surface area contributed by atoms with E-state index in [0.717, 1.165) is 12.8 Å². The fourth-order valence-corrected chi connectivity index (χ4v) is 1.85. The lowest BCUT2D eigenvalue weighted by molar-refractivity contribution is -0.133. The summed E-state index contributed by atoms with van der Waals surface area (Å²) >= 11 is 0. The van der Waals surface area contributed by atoms with Crippen molar-refractivity contribution >= 4 is 11.7 Å². The van der Waals surface area contributed by atoms with E-state index in [2.05, 4.69) is 0 Å². The minimum absolute atomic E-state index is 0.0226. The highest BCUT2D eigenvalue weighted by Crippen LogP contribution is 2.30. The molecule has 1 aliphatic heterocycles. The van der Waals surface area contributed by atoms with Gasteiger partial charge in [0, 0.05) is 39.3 Å². The number of hydrogen-bond donors (Lipinski definition) is 0. The van der Waals surface area contributed by atoms with Gasteiger partial charge in [-0.25, -0.2) is 0 Å². The first kappa shape index (κ1) is 10.2. The zero-order chi connectivity index (χ0) is 11.0.